The van der Waals surface area contributed by atoms with Crippen LogP contribution in [0.25, 0.3) is 0 Å². The van der Waals surface area contributed by atoms with Crippen molar-refractivity contribution in [1.82, 2.24) is 9.80 Å². The molecule has 0 aromatic rings. The van der Waals surface area contributed by atoms with E-state index < -0.39 is 6.09 Å². The van der Waals surface area contributed by atoms with Crippen LogP contribution < -0.4 is 0 Å². The van der Waals surface area contributed by atoms with Crippen LogP contribution in [0.5, 0.6) is 0 Å². The van der Waals surface area contributed by atoms with E-state index in [0.717, 1.165) is 51.9 Å². The molecule has 5 nitrogen and oxygen atoms in total. The van der Waals surface area contributed by atoms with Gasteiger partial charge >= 0.3 is 6.09 Å². The van der Waals surface area contributed by atoms with Crippen molar-refractivity contribution in [2.75, 3.05) is 45.9 Å². The average Bonchev–Trinajstić information content (AvgIpc) is 2.76. The number of rotatable bonds is 2. The first-order valence-electron chi connectivity index (χ1n) is 6.03. The van der Waals surface area contributed by atoms with E-state index in [1.54, 1.807) is 4.90 Å². The van der Waals surface area contributed by atoms with Gasteiger partial charge in [-0.1, -0.05) is 0 Å². The lowest BCUT2D eigenvalue weighted by Crippen LogP contribution is -2.39. The van der Waals surface area contributed by atoms with Gasteiger partial charge in [-0.15, -0.1) is 0 Å². The minimum absolute atomic E-state index is 0.638. The van der Waals surface area contributed by atoms with Crippen molar-refractivity contribution in [2.45, 2.75) is 0 Å². The molecule has 1 N–H and O–H groups in total. The summed E-state index contributed by atoms with van der Waals surface area (Å²) >= 11 is 0. The van der Waals surface area contributed by atoms with Gasteiger partial charge in [-0.2, -0.15) is 0 Å². The highest BCUT2D eigenvalue weighted by molar-refractivity contribution is 5.65. The summed E-state index contributed by atoms with van der Waals surface area (Å²) in [5, 5.41) is 8.86. The Balaban J connectivity index is 1.46. The number of fused-ring (bicyclic) bond motifs is 1. The molecule has 0 aromatic heterocycles. The fourth-order valence-corrected chi connectivity index (χ4v) is 3.16. The Bertz CT molecular complexity index is 279. The minimum Gasteiger partial charge on any atom is -0.465 e. The number of piperidine rings is 1. The Morgan fingerprint density at radius 1 is 1.25 bits per heavy atom. The van der Waals surface area contributed by atoms with Gasteiger partial charge in [0.1, 0.15) is 0 Å². The Labute approximate surface area is 95.0 Å². The lowest BCUT2D eigenvalue weighted by atomic mass is 10.2. The highest BCUT2D eigenvalue weighted by atomic mass is 16.5. The molecule has 3 fully saturated rings. The van der Waals surface area contributed by atoms with Crippen LogP contribution in [-0.2, 0) is 4.74 Å². The third-order valence-corrected chi connectivity index (χ3v) is 4.21. The summed E-state index contributed by atoms with van der Waals surface area (Å²) in [7, 11) is 0. The third kappa shape index (κ3) is 1.78. The zero-order valence-corrected chi connectivity index (χ0v) is 9.34. The molecule has 0 aromatic carbocycles. The van der Waals surface area contributed by atoms with Crippen molar-refractivity contribution >= 4 is 6.09 Å². The van der Waals surface area contributed by atoms with Crippen LogP contribution in [0.2, 0.25) is 0 Å². The number of carboxylic acid groups (broad SMARTS) is 1. The molecule has 0 radical (unpaired) electrons. The second-order valence-corrected chi connectivity index (χ2v) is 5.09. The molecule has 2 aliphatic heterocycles. The van der Waals surface area contributed by atoms with Gasteiger partial charge in [-0.3, -0.25) is 4.90 Å². The van der Waals surface area contributed by atoms with E-state index >= 15 is 0 Å². The first kappa shape index (κ1) is 10.4. The SMILES string of the molecule is O=C(O)N1C[C@@H]2[C@@H](CN3CCOCC3)[C@@H]2C1. The molecule has 2 saturated heterocycles. The van der Waals surface area contributed by atoms with Crippen LogP contribution >= 0.6 is 0 Å². The summed E-state index contributed by atoms with van der Waals surface area (Å²) in [4.78, 5) is 14.8. The van der Waals surface area contributed by atoms with Crippen molar-refractivity contribution in [2.24, 2.45) is 17.8 Å². The number of nitrogens with zero attached hydrogens (tertiary/aromatic N) is 2. The first-order chi connectivity index (χ1) is 7.75. The maximum atomic E-state index is 10.8. The summed E-state index contributed by atoms with van der Waals surface area (Å²) in [6, 6.07) is 0. The third-order valence-electron chi connectivity index (χ3n) is 4.21. The topological polar surface area (TPSA) is 53.0 Å². The Morgan fingerprint density at radius 2 is 1.88 bits per heavy atom. The quantitative estimate of drug-likeness (QED) is 0.729. The number of likely N-dealkylation sites (tertiary alicyclic amines) is 1. The van der Waals surface area contributed by atoms with Gasteiger partial charge in [-0.25, -0.2) is 4.79 Å². The van der Waals surface area contributed by atoms with E-state index in [4.69, 9.17) is 9.84 Å². The normalized spacial score (nSPS) is 38.5. The Kier molecular flexibility index (Phi) is 2.52. The lowest BCUT2D eigenvalue weighted by Gasteiger charge is -2.27. The van der Waals surface area contributed by atoms with Crippen LogP contribution in [-0.4, -0.2) is 66.9 Å². The number of ether oxygens (including phenoxy) is 1. The van der Waals surface area contributed by atoms with Gasteiger partial charge in [0.05, 0.1) is 13.2 Å². The number of morpholine rings is 1. The number of hydrogen-bond donors (Lipinski definition) is 1. The van der Waals surface area contributed by atoms with Crippen LogP contribution in [0.4, 0.5) is 4.79 Å². The van der Waals surface area contributed by atoms with E-state index in [9.17, 15) is 4.79 Å². The molecule has 0 unspecified atom stereocenters. The van der Waals surface area contributed by atoms with Crippen LogP contribution in [0.15, 0.2) is 0 Å². The maximum absolute atomic E-state index is 10.8. The summed E-state index contributed by atoms with van der Waals surface area (Å²) in [5.74, 6) is 2.02. The van der Waals surface area contributed by atoms with Crippen molar-refractivity contribution in [3.63, 3.8) is 0 Å². The second kappa shape index (κ2) is 3.89. The van der Waals surface area contributed by atoms with Crippen molar-refractivity contribution in [1.29, 1.82) is 0 Å². The van der Waals surface area contributed by atoms with Gasteiger partial charge in [-0.05, 0) is 17.8 Å². The van der Waals surface area contributed by atoms with E-state index in [0.29, 0.717) is 11.8 Å². The molecule has 1 aliphatic carbocycles. The van der Waals surface area contributed by atoms with Gasteiger partial charge in [0, 0.05) is 32.7 Å². The van der Waals surface area contributed by atoms with Crippen molar-refractivity contribution < 1.29 is 14.6 Å². The predicted octanol–water partition coefficient (Wildman–Crippen LogP) is 0.174. The Morgan fingerprint density at radius 3 is 2.44 bits per heavy atom. The highest BCUT2D eigenvalue weighted by Gasteiger charge is 2.56. The zero-order chi connectivity index (χ0) is 11.1. The summed E-state index contributed by atoms with van der Waals surface area (Å²) < 4.78 is 5.32. The molecular formula is C11H18N2O3. The highest BCUT2D eigenvalue weighted by Crippen LogP contribution is 2.51. The van der Waals surface area contributed by atoms with E-state index in [1.807, 2.05) is 0 Å². The average molecular weight is 226 g/mol. The van der Waals surface area contributed by atoms with Gasteiger partial charge in [0.25, 0.3) is 0 Å². The molecule has 0 spiro atoms. The lowest BCUT2D eigenvalue weighted by molar-refractivity contribution is 0.0335. The fourth-order valence-electron chi connectivity index (χ4n) is 3.16. The summed E-state index contributed by atoms with van der Waals surface area (Å²) in [6.07, 6.45) is -0.752. The first-order valence-corrected chi connectivity index (χ1v) is 6.03. The second-order valence-electron chi connectivity index (χ2n) is 5.09. The van der Waals surface area contributed by atoms with Gasteiger partial charge in [0.15, 0.2) is 0 Å². The predicted molar refractivity (Wildman–Crippen MR) is 57.3 cm³/mol. The summed E-state index contributed by atoms with van der Waals surface area (Å²) in [6.45, 7) is 6.44. The standard InChI is InChI=1S/C11H18N2O3/c14-11(15)13-6-9-8(10(9)7-13)5-12-1-3-16-4-2-12/h8-10H,1-7H2,(H,14,15)/t8-,9-,10+. The molecular weight excluding hydrogens is 208 g/mol. The van der Waals surface area contributed by atoms with E-state index in [1.165, 1.54) is 0 Å². The number of hydrogen-bond acceptors (Lipinski definition) is 3. The molecule has 2 heterocycles. The molecule has 5 heteroatoms. The molecule has 3 atom stereocenters. The molecule has 3 rings (SSSR count). The van der Waals surface area contributed by atoms with Crippen molar-refractivity contribution in [3.8, 4) is 0 Å². The van der Waals surface area contributed by atoms with Crippen LogP contribution in [0.3, 0.4) is 0 Å². The smallest absolute Gasteiger partial charge is 0.407 e. The monoisotopic (exact) mass is 226 g/mol. The largest absolute Gasteiger partial charge is 0.465 e. The van der Waals surface area contributed by atoms with Crippen molar-refractivity contribution in [3.05, 3.63) is 0 Å². The molecule has 0 bridgehead atoms. The molecule has 90 valence electrons. The maximum Gasteiger partial charge on any atom is 0.407 e. The number of amides is 1. The molecule has 16 heavy (non-hydrogen) atoms. The molecule has 3 aliphatic rings. The van der Waals surface area contributed by atoms with Gasteiger partial charge in [0.2, 0.25) is 0 Å². The fraction of sp³-hybridized carbons (Fsp3) is 0.909. The number of carbonyl (C=O) groups is 1. The van der Waals surface area contributed by atoms with E-state index in [-0.39, 0.29) is 0 Å². The van der Waals surface area contributed by atoms with Crippen LogP contribution in [0.1, 0.15) is 0 Å². The van der Waals surface area contributed by atoms with Gasteiger partial charge < -0.3 is 14.7 Å². The summed E-state index contributed by atoms with van der Waals surface area (Å²) in [5.41, 5.74) is 0. The molecule has 1 saturated carbocycles. The minimum atomic E-state index is -0.752. The van der Waals surface area contributed by atoms with Crippen LogP contribution in [0, 0.1) is 17.8 Å². The Hall–Kier alpha value is -0.810. The molecule has 1 amide bonds. The zero-order valence-electron chi connectivity index (χ0n) is 9.34. The van der Waals surface area contributed by atoms with E-state index in [2.05, 4.69) is 4.90 Å².